The monoisotopic (exact) mass is 1490 g/mol. The van der Waals surface area contributed by atoms with Crippen LogP contribution in [0.1, 0.15) is 113 Å². The summed E-state index contributed by atoms with van der Waals surface area (Å²) in [4.78, 5) is 100. The lowest BCUT2D eigenvalue weighted by Gasteiger charge is -2.25. The van der Waals surface area contributed by atoms with E-state index in [2.05, 4.69) is 72.4 Å². The van der Waals surface area contributed by atoms with Gasteiger partial charge in [-0.3, -0.25) is 28.8 Å². The van der Waals surface area contributed by atoms with Gasteiger partial charge in [-0.25, -0.2) is 4.39 Å². The Hall–Kier alpha value is -11.1. The van der Waals surface area contributed by atoms with E-state index < -0.39 is 101 Å². The molecule has 0 radical (unpaired) electrons. The summed E-state index contributed by atoms with van der Waals surface area (Å²) >= 11 is 12.1. The van der Waals surface area contributed by atoms with Crippen LogP contribution in [0.4, 0.5) is 65.9 Å². The van der Waals surface area contributed by atoms with Gasteiger partial charge >= 0.3 is 24.4 Å². The number of nitriles is 1. The fraction of sp³-hybridized carbons (Fsp3) is 0.329. The van der Waals surface area contributed by atoms with Crippen LogP contribution in [0.25, 0.3) is 0 Å². The second-order valence-corrected chi connectivity index (χ2v) is 27.7. The molecule has 0 bridgehead atoms. The molecule has 8 aromatic rings. The quantitative estimate of drug-likeness (QED) is 0.0153. The Morgan fingerprint density at radius 3 is 1.30 bits per heavy atom. The van der Waals surface area contributed by atoms with Gasteiger partial charge in [0.25, 0.3) is 23.6 Å². The van der Waals surface area contributed by atoms with E-state index >= 15 is 0 Å². The third kappa shape index (κ3) is 23.5. The van der Waals surface area contributed by atoms with Crippen LogP contribution < -0.4 is 52.0 Å². The molecule has 6 aromatic carbocycles. The van der Waals surface area contributed by atoms with E-state index in [-0.39, 0.29) is 62.8 Å². The Bertz CT molecular complexity index is 4540. The normalized spacial score (nSPS) is 13.4. The molecule has 4 amide bonds. The lowest BCUT2D eigenvalue weighted by molar-refractivity contribution is -0.155. The summed E-state index contributed by atoms with van der Waals surface area (Å²) in [6, 6.07) is 37.2. The number of hydrogen-bond acceptors (Lipinski definition) is 19. The average molecular weight is 1490 g/mol. The molecular formula is C73H72Cl2F7N15O8. The van der Waals surface area contributed by atoms with Crippen molar-refractivity contribution in [2.75, 3.05) is 60.7 Å². The first-order valence-corrected chi connectivity index (χ1v) is 33.4. The summed E-state index contributed by atoms with van der Waals surface area (Å²) < 4.78 is 101. The van der Waals surface area contributed by atoms with Crippen LogP contribution in [0.2, 0.25) is 10.0 Å². The summed E-state index contributed by atoms with van der Waals surface area (Å²) in [6.07, 6.45) is -6.75. The largest absolute Gasteiger partial charge is 0.454 e. The zero-order valence-corrected chi connectivity index (χ0v) is 59.0. The first-order valence-electron chi connectivity index (χ1n) is 32.7. The maximum Gasteiger partial charge on any atom is 0.422 e. The van der Waals surface area contributed by atoms with Crippen molar-refractivity contribution in [1.82, 2.24) is 51.2 Å². The predicted octanol–water partition coefficient (Wildman–Crippen LogP) is 12.6. The highest BCUT2D eigenvalue weighted by atomic mass is 35.5. The van der Waals surface area contributed by atoms with Crippen molar-refractivity contribution in [1.29, 1.82) is 5.26 Å². The number of ketones is 2. The van der Waals surface area contributed by atoms with Crippen LogP contribution in [0.5, 0.6) is 12.0 Å². The molecule has 10 rings (SSSR count). The van der Waals surface area contributed by atoms with Crippen molar-refractivity contribution >= 4 is 93.6 Å². The molecule has 0 unspecified atom stereocenters. The highest BCUT2D eigenvalue weighted by molar-refractivity contribution is 6.37. The molecule has 0 saturated heterocycles. The van der Waals surface area contributed by atoms with Gasteiger partial charge in [0.1, 0.15) is 5.82 Å². The van der Waals surface area contributed by atoms with Crippen LogP contribution in [-0.4, -0.2) is 117 Å². The third-order valence-electron chi connectivity index (χ3n) is 16.5. The Kier molecular flexibility index (Phi) is 24.7. The summed E-state index contributed by atoms with van der Waals surface area (Å²) in [6.45, 7) is 7.94. The number of nitrogens with one attached hydrogen (secondary N) is 8. The lowest BCUT2D eigenvalue weighted by atomic mass is 9.93. The maximum absolute atomic E-state index is 13.8. The number of rotatable bonds is 30. The Balaban J connectivity index is 0.000000243. The van der Waals surface area contributed by atoms with Crippen LogP contribution in [-0.2, 0) is 43.1 Å². The number of carbonyl (C=O) groups excluding carboxylic acids is 6. The third-order valence-corrected chi connectivity index (χ3v) is 17.0. The van der Waals surface area contributed by atoms with Gasteiger partial charge in [0, 0.05) is 71.6 Å². The number of benzene rings is 6. The Labute approximate surface area is 608 Å². The number of ether oxygens (including phenoxy) is 2. The topological polar surface area (TPSA) is 318 Å². The molecule has 2 saturated carbocycles. The van der Waals surface area contributed by atoms with E-state index in [0.717, 1.165) is 42.4 Å². The number of Topliss-reactive ketones (excluding diaryl/α,β-unsaturated/α-hetero) is 2. The Morgan fingerprint density at radius 1 is 0.505 bits per heavy atom. The van der Waals surface area contributed by atoms with E-state index in [1.165, 1.54) is 30.3 Å². The number of amides is 4. The van der Waals surface area contributed by atoms with Crippen LogP contribution >= 0.6 is 23.2 Å². The summed E-state index contributed by atoms with van der Waals surface area (Å²) in [5, 5.41) is 33.5. The molecule has 550 valence electrons. The number of carbonyl (C=O) groups is 6. The summed E-state index contributed by atoms with van der Waals surface area (Å²) in [5.41, 5.74) is 3.48. The lowest BCUT2D eigenvalue weighted by Crippen LogP contribution is -2.44. The van der Waals surface area contributed by atoms with Gasteiger partial charge in [-0.2, -0.15) is 61.5 Å². The van der Waals surface area contributed by atoms with Crippen molar-refractivity contribution in [3.05, 3.63) is 199 Å². The molecule has 2 heterocycles. The average Bonchev–Trinajstić information content (AvgIpc) is 1.62. The molecule has 2 aliphatic rings. The van der Waals surface area contributed by atoms with Crippen LogP contribution in [0.3, 0.4) is 0 Å². The number of nitrogens with zero attached hydrogens (tertiary/aromatic N) is 7. The number of aromatic nitrogens is 6. The molecule has 23 nitrogen and oxygen atoms in total. The first-order chi connectivity index (χ1) is 49.5. The second-order valence-electron chi connectivity index (χ2n) is 26.8. The molecule has 0 atom stereocenters. The molecule has 32 heteroatoms. The molecule has 0 aliphatic heterocycles. The van der Waals surface area contributed by atoms with E-state index in [1.807, 2.05) is 51.1 Å². The van der Waals surface area contributed by atoms with Gasteiger partial charge in [-0.1, -0.05) is 99.4 Å². The van der Waals surface area contributed by atoms with Gasteiger partial charge < -0.3 is 52.0 Å². The standard InChI is InChI=1S/C37H36ClF3N8O4.C36H36ClF4N7O4/c1-22-4-5-24(25(16-22)18-42)17-29(50)31(52)44-20-35(2,3)19-43-30(51)23-6-12-28(13-7-23)45-32-46-33(48-34(47-32)53-21-37(39,40)41)49-36(14-15-36)26-8-10-27(38)11-9-26;1-21-4-5-22(16-27(21)38)17-28(49)30(51)43-19-34(2,3)18-42-29(50)23-6-12-26(13-7-23)44-31-45-32(47-33(46-31)52-20-36(39,40)41)48-35(14-15-35)24-8-10-25(37)11-9-24/h4-13,16H,14-15,17,19-21H2,1-3H3,(H,43,51)(H,44,52)(H2,45,46,47,48,49);4-13,16H,14-15,17-20H2,1-3H3,(H,42,50)(H,43,51)(H2,44,45,46,47,48). The molecule has 105 heavy (non-hydrogen) atoms. The summed E-state index contributed by atoms with van der Waals surface area (Å²) in [7, 11) is 0. The van der Waals surface area contributed by atoms with E-state index in [4.69, 9.17) is 32.7 Å². The van der Waals surface area contributed by atoms with Gasteiger partial charge in [-0.15, -0.1) is 0 Å². The molecule has 0 spiro atoms. The highest BCUT2D eigenvalue weighted by Crippen LogP contribution is 2.49. The fourth-order valence-electron chi connectivity index (χ4n) is 10.2. The number of hydrogen-bond donors (Lipinski definition) is 8. The molecular weight excluding hydrogens is 1420 g/mol. The van der Waals surface area contributed by atoms with Gasteiger partial charge in [0.05, 0.1) is 22.7 Å². The van der Waals surface area contributed by atoms with Gasteiger partial charge in [0.15, 0.2) is 13.2 Å². The van der Waals surface area contributed by atoms with Crippen molar-refractivity contribution in [3.63, 3.8) is 0 Å². The van der Waals surface area contributed by atoms with Gasteiger partial charge in [-0.05, 0) is 169 Å². The van der Waals surface area contributed by atoms with E-state index in [0.29, 0.717) is 54.8 Å². The number of halogens is 9. The number of alkyl halides is 6. The van der Waals surface area contributed by atoms with Crippen LogP contribution in [0, 0.1) is 41.8 Å². The second kappa shape index (κ2) is 33.2. The first kappa shape index (κ1) is 78.1. The summed E-state index contributed by atoms with van der Waals surface area (Å²) in [5.74, 6) is -4.42. The zero-order chi connectivity index (χ0) is 76.1. The number of anilines is 6. The minimum Gasteiger partial charge on any atom is -0.454 e. The molecule has 2 fully saturated rings. The van der Waals surface area contributed by atoms with Crippen molar-refractivity contribution in [3.8, 4) is 18.1 Å². The predicted molar refractivity (Wildman–Crippen MR) is 377 cm³/mol. The Morgan fingerprint density at radius 2 is 0.905 bits per heavy atom. The number of aryl methyl sites for hydroxylation is 2. The molecule has 2 aromatic heterocycles. The zero-order valence-electron chi connectivity index (χ0n) is 57.5. The van der Waals surface area contributed by atoms with Gasteiger partial charge in [0.2, 0.25) is 35.4 Å². The van der Waals surface area contributed by atoms with Crippen molar-refractivity contribution < 1.29 is 69.0 Å². The minimum atomic E-state index is -4.61. The molecule has 8 N–H and O–H groups in total. The maximum atomic E-state index is 13.8. The smallest absolute Gasteiger partial charge is 0.422 e. The highest BCUT2D eigenvalue weighted by Gasteiger charge is 2.46. The SMILES string of the molecule is Cc1ccc(CC(=O)C(=O)NCC(C)(C)CNC(=O)c2ccc(Nc3nc(NC4(c5ccc(Cl)cc5)CC4)nc(OCC(F)(F)F)n3)cc2)c(C#N)c1.Cc1ccc(CC(=O)C(=O)NCC(C)(C)CNC(=O)c2ccc(Nc3nc(NC4(c5ccc(Cl)cc5)CC4)nc(OCC(F)(F)F)n3)cc2)cc1F. The van der Waals surface area contributed by atoms with Crippen molar-refractivity contribution in [2.45, 2.75) is 103 Å². The van der Waals surface area contributed by atoms with E-state index in [1.54, 1.807) is 99.6 Å². The van der Waals surface area contributed by atoms with Crippen LogP contribution in [0.15, 0.2) is 133 Å². The van der Waals surface area contributed by atoms with Crippen molar-refractivity contribution in [2.24, 2.45) is 10.8 Å². The fourth-order valence-corrected chi connectivity index (χ4v) is 10.5. The van der Waals surface area contributed by atoms with E-state index in [9.17, 15) is 64.8 Å². The minimum absolute atomic E-state index is 0.00273. The molecule has 2 aliphatic carbocycles.